The van der Waals surface area contributed by atoms with Crippen LogP contribution in [0.4, 0.5) is 0 Å². The van der Waals surface area contributed by atoms with Crippen LogP contribution in [0.5, 0.6) is 0 Å². The summed E-state index contributed by atoms with van der Waals surface area (Å²) in [5.41, 5.74) is 3.10. The van der Waals surface area contributed by atoms with Gasteiger partial charge in [-0.05, 0) is 46.5 Å². The highest BCUT2D eigenvalue weighted by Gasteiger charge is 2.34. The van der Waals surface area contributed by atoms with Crippen LogP contribution in [-0.2, 0) is 0 Å². The molecule has 2 heterocycles. The number of carbonyl (C=O) groups excluding carboxylic acids is 4. The highest BCUT2D eigenvalue weighted by atomic mass is 16.4. The summed E-state index contributed by atoms with van der Waals surface area (Å²) >= 11 is 0. The monoisotopic (exact) mass is 560 g/mol. The Morgan fingerprint density at radius 3 is 1.21 bits per heavy atom. The van der Waals surface area contributed by atoms with Crippen molar-refractivity contribution in [1.82, 2.24) is 10.6 Å². The predicted molar refractivity (Wildman–Crippen MR) is 149 cm³/mol. The fourth-order valence-corrected chi connectivity index (χ4v) is 5.55. The van der Waals surface area contributed by atoms with Crippen molar-refractivity contribution in [3.05, 3.63) is 117 Å². The first-order valence-corrected chi connectivity index (χ1v) is 12.8. The molecule has 0 bridgehead atoms. The third-order valence-corrected chi connectivity index (χ3v) is 7.67. The molecular formula is C32H20N2O8. The van der Waals surface area contributed by atoms with Gasteiger partial charge in [-0.15, -0.1) is 0 Å². The molecule has 0 unspecified atom stereocenters. The summed E-state index contributed by atoms with van der Waals surface area (Å²) in [6, 6.07) is 19.3. The number of aromatic carboxylic acids is 2. The summed E-state index contributed by atoms with van der Waals surface area (Å²) in [4.78, 5) is 73.2. The maximum absolute atomic E-state index is 12.5. The molecule has 10 nitrogen and oxygen atoms in total. The second-order valence-corrected chi connectivity index (χ2v) is 9.96. The lowest BCUT2D eigenvalue weighted by molar-refractivity contribution is 0.0686. The van der Waals surface area contributed by atoms with Crippen molar-refractivity contribution in [2.75, 3.05) is 0 Å². The number of amides is 4. The number of imide groups is 2. The Morgan fingerprint density at radius 1 is 0.524 bits per heavy atom. The lowest BCUT2D eigenvalue weighted by atomic mass is 9.87. The zero-order chi connectivity index (χ0) is 29.9. The molecule has 0 saturated heterocycles. The van der Waals surface area contributed by atoms with E-state index in [2.05, 4.69) is 10.6 Å². The molecule has 4 aromatic rings. The highest BCUT2D eigenvalue weighted by Crippen LogP contribution is 2.36. The van der Waals surface area contributed by atoms with E-state index in [0.29, 0.717) is 11.1 Å². The second kappa shape index (κ2) is 9.63. The van der Waals surface area contributed by atoms with Crippen LogP contribution in [0.25, 0.3) is 22.3 Å². The lowest BCUT2D eigenvalue weighted by Gasteiger charge is -2.16. The molecule has 42 heavy (non-hydrogen) atoms. The van der Waals surface area contributed by atoms with E-state index in [1.54, 1.807) is 48.5 Å². The van der Waals surface area contributed by atoms with Crippen molar-refractivity contribution < 1.29 is 39.0 Å². The summed E-state index contributed by atoms with van der Waals surface area (Å²) < 4.78 is 0. The zero-order valence-electron chi connectivity index (χ0n) is 21.8. The van der Waals surface area contributed by atoms with Crippen molar-refractivity contribution >= 4 is 35.6 Å². The number of carbonyl (C=O) groups is 6. The number of carboxylic acids is 2. The highest BCUT2D eigenvalue weighted by molar-refractivity contribution is 6.26. The van der Waals surface area contributed by atoms with Gasteiger partial charge in [-0.2, -0.15) is 0 Å². The summed E-state index contributed by atoms with van der Waals surface area (Å²) in [6.45, 7) is 1.95. The van der Waals surface area contributed by atoms with Gasteiger partial charge in [0.25, 0.3) is 23.6 Å². The third kappa shape index (κ3) is 4.05. The average molecular weight is 561 g/mol. The van der Waals surface area contributed by atoms with Gasteiger partial charge in [-0.1, -0.05) is 55.5 Å². The van der Waals surface area contributed by atoms with Crippen LogP contribution < -0.4 is 10.6 Å². The second-order valence-electron chi connectivity index (χ2n) is 9.96. The van der Waals surface area contributed by atoms with E-state index in [1.165, 1.54) is 24.3 Å². The molecule has 0 radical (unpaired) electrons. The smallest absolute Gasteiger partial charge is 0.336 e. The number of nitrogens with one attached hydrogen (secondary N) is 2. The first kappa shape index (κ1) is 26.3. The molecule has 0 aliphatic carbocycles. The number of hydrogen-bond donors (Lipinski definition) is 4. The predicted octanol–water partition coefficient (Wildman–Crippen LogP) is 4.34. The standard InChI is InChI=1S/C32H20N2O8/c1-14(15-2-6-17(7-3-15)23-21(31(39)40)12-10-19-25(23)29(37)33-27(19)35)16-4-8-18(9-5-16)24-22(32(41)42)13-11-20-26(24)30(38)34-28(20)36/h2-14H,1H3,(H,39,40)(H,41,42)(H,33,35,37)(H,34,36,38). The van der Waals surface area contributed by atoms with Crippen LogP contribution in [-0.4, -0.2) is 45.8 Å². The van der Waals surface area contributed by atoms with Crippen LogP contribution in [0.1, 0.15) is 86.1 Å². The molecule has 2 aliphatic rings. The number of hydrogen-bond acceptors (Lipinski definition) is 6. The average Bonchev–Trinajstić information content (AvgIpc) is 3.44. The van der Waals surface area contributed by atoms with Gasteiger partial charge in [0, 0.05) is 17.0 Å². The van der Waals surface area contributed by atoms with Crippen molar-refractivity contribution in [2.45, 2.75) is 12.8 Å². The van der Waals surface area contributed by atoms with E-state index < -0.39 is 35.6 Å². The minimum atomic E-state index is -1.23. The molecule has 4 amide bonds. The van der Waals surface area contributed by atoms with Crippen LogP contribution >= 0.6 is 0 Å². The normalized spacial score (nSPS) is 13.6. The molecule has 2 aliphatic heterocycles. The Balaban J connectivity index is 1.34. The van der Waals surface area contributed by atoms with E-state index in [4.69, 9.17) is 0 Å². The Morgan fingerprint density at radius 2 is 0.881 bits per heavy atom. The van der Waals surface area contributed by atoms with Crippen LogP contribution in [0.3, 0.4) is 0 Å². The third-order valence-electron chi connectivity index (χ3n) is 7.67. The van der Waals surface area contributed by atoms with Crippen LogP contribution in [0, 0.1) is 0 Å². The van der Waals surface area contributed by atoms with E-state index >= 15 is 0 Å². The number of carboxylic acid groups (broad SMARTS) is 2. The van der Waals surface area contributed by atoms with Gasteiger partial charge in [0.2, 0.25) is 0 Å². The number of fused-ring (bicyclic) bond motifs is 2. The largest absolute Gasteiger partial charge is 0.478 e. The molecule has 0 spiro atoms. The number of rotatable bonds is 6. The molecule has 4 N–H and O–H groups in total. The SMILES string of the molecule is CC(c1ccc(-c2c(C(=O)O)ccc3c2C(=O)NC3=O)cc1)c1ccc(-c2c(C(=O)O)ccc3c2C(=O)NC3=O)cc1. The first-order chi connectivity index (χ1) is 20.1. The van der Waals surface area contributed by atoms with Crippen molar-refractivity contribution in [3.63, 3.8) is 0 Å². The summed E-state index contributed by atoms with van der Waals surface area (Å²) in [7, 11) is 0. The number of benzene rings is 4. The van der Waals surface area contributed by atoms with Gasteiger partial charge >= 0.3 is 11.9 Å². The fourth-order valence-electron chi connectivity index (χ4n) is 5.55. The maximum Gasteiger partial charge on any atom is 0.336 e. The fraction of sp³-hybridized carbons (Fsp3) is 0.0625. The maximum atomic E-state index is 12.5. The molecule has 0 aromatic heterocycles. The first-order valence-electron chi connectivity index (χ1n) is 12.8. The van der Waals surface area contributed by atoms with E-state index in [9.17, 15) is 39.0 Å². The molecule has 0 saturated carbocycles. The minimum Gasteiger partial charge on any atom is -0.478 e. The summed E-state index contributed by atoms with van der Waals surface area (Å²) in [5, 5.41) is 23.9. The molecule has 6 rings (SSSR count). The van der Waals surface area contributed by atoms with Crippen molar-refractivity contribution in [3.8, 4) is 22.3 Å². The Hall–Kier alpha value is -5.90. The topological polar surface area (TPSA) is 167 Å². The molecule has 0 atom stereocenters. The Kier molecular flexibility index (Phi) is 6.04. The van der Waals surface area contributed by atoms with E-state index in [1.807, 2.05) is 6.92 Å². The Labute approximate surface area is 237 Å². The van der Waals surface area contributed by atoms with Crippen LogP contribution in [0.2, 0.25) is 0 Å². The van der Waals surface area contributed by atoms with Gasteiger partial charge in [0.05, 0.1) is 33.4 Å². The molecule has 206 valence electrons. The molecule has 4 aromatic carbocycles. The summed E-state index contributed by atoms with van der Waals surface area (Å²) in [6.07, 6.45) is 0. The van der Waals surface area contributed by atoms with Crippen molar-refractivity contribution in [1.29, 1.82) is 0 Å². The van der Waals surface area contributed by atoms with E-state index in [-0.39, 0.29) is 50.4 Å². The van der Waals surface area contributed by atoms with Crippen LogP contribution in [0.15, 0.2) is 72.8 Å². The lowest BCUT2D eigenvalue weighted by Crippen LogP contribution is -2.20. The summed E-state index contributed by atoms with van der Waals surface area (Å²) in [5.74, 6) is -5.06. The van der Waals surface area contributed by atoms with Crippen molar-refractivity contribution in [2.24, 2.45) is 0 Å². The minimum absolute atomic E-state index is 0.0276. The molecule has 10 heteroatoms. The Bertz CT molecular complexity index is 1770. The zero-order valence-corrected chi connectivity index (χ0v) is 21.8. The van der Waals surface area contributed by atoms with Gasteiger partial charge in [-0.3, -0.25) is 29.8 Å². The van der Waals surface area contributed by atoms with E-state index in [0.717, 1.165) is 11.1 Å². The van der Waals surface area contributed by atoms with Gasteiger partial charge < -0.3 is 10.2 Å². The van der Waals surface area contributed by atoms with Gasteiger partial charge in [0.15, 0.2) is 0 Å². The molecule has 0 fully saturated rings. The molecular weight excluding hydrogens is 540 g/mol. The van der Waals surface area contributed by atoms with Gasteiger partial charge in [-0.25, -0.2) is 9.59 Å². The quantitative estimate of drug-likeness (QED) is 0.253. The van der Waals surface area contributed by atoms with Gasteiger partial charge in [0.1, 0.15) is 0 Å².